The van der Waals surface area contributed by atoms with Gasteiger partial charge in [-0.15, -0.1) is 0 Å². The molecule has 4 aromatic rings. The largest absolute Gasteiger partial charge is 0.497 e. The van der Waals surface area contributed by atoms with E-state index in [1.165, 1.54) is 40.2 Å². The van der Waals surface area contributed by atoms with Crippen LogP contribution in [0.1, 0.15) is 5.56 Å². The molecule has 6 nitrogen and oxygen atoms in total. The predicted octanol–water partition coefficient (Wildman–Crippen LogP) is 4.86. The van der Waals surface area contributed by atoms with E-state index in [4.69, 9.17) is 4.74 Å². The average molecular weight is 429 g/mol. The summed E-state index contributed by atoms with van der Waals surface area (Å²) in [6.45, 7) is 2.04. The summed E-state index contributed by atoms with van der Waals surface area (Å²) in [6, 6.07) is 13.6. The average Bonchev–Trinajstić information content (AvgIpc) is 3.32. The van der Waals surface area contributed by atoms with E-state index >= 15 is 0 Å². The quantitative estimate of drug-likeness (QED) is 0.442. The molecule has 0 unspecified atom stereocenters. The summed E-state index contributed by atoms with van der Waals surface area (Å²) < 4.78 is 11.3. The van der Waals surface area contributed by atoms with Crippen LogP contribution in [0.5, 0.6) is 5.75 Å². The minimum atomic E-state index is -0.109. The number of thioether (sulfide) groups is 1. The van der Waals surface area contributed by atoms with Gasteiger partial charge in [0.25, 0.3) is 0 Å². The maximum atomic E-state index is 12.3. The molecule has 0 aliphatic carbocycles. The van der Waals surface area contributed by atoms with Crippen LogP contribution < -0.4 is 10.1 Å². The topological polar surface area (TPSA) is 77.0 Å². The van der Waals surface area contributed by atoms with E-state index in [-0.39, 0.29) is 11.7 Å². The Balaban J connectivity index is 1.36. The second kappa shape index (κ2) is 8.26. The van der Waals surface area contributed by atoms with Crippen molar-refractivity contribution in [1.29, 1.82) is 0 Å². The Kier molecular flexibility index (Phi) is 5.56. The van der Waals surface area contributed by atoms with Crippen LogP contribution in [-0.4, -0.2) is 33.1 Å². The van der Waals surface area contributed by atoms with E-state index in [2.05, 4.69) is 25.7 Å². The number of benzene rings is 2. The Morgan fingerprint density at radius 1 is 1.18 bits per heavy atom. The van der Waals surface area contributed by atoms with E-state index < -0.39 is 0 Å². The molecule has 1 N–H and O–H groups in total. The number of hydrogen-bond acceptors (Lipinski definition) is 8. The third-order valence-electron chi connectivity index (χ3n) is 3.87. The number of carbonyl (C=O) groups is 1. The van der Waals surface area contributed by atoms with Crippen molar-refractivity contribution in [3.63, 3.8) is 0 Å². The SMILES string of the molecule is COc1ccc(-c2nsc(SCC(=O)Nc3nc4ccc(C)cc4s3)n2)cc1. The summed E-state index contributed by atoms with van der Waals surface area (Å²) in [5.41, 5.74) is 2.98. The van der Waals surface area contributed by atoms with Gasteiger partial charge in [-0.1, -0.05) is 29.2 Å². The molecule has 0 aliphatic rings. The van der Waals surface area contributed by atoms with Crippen LogP contribution in [-0.2, 0) is 4.79 Å². The van der Waals surface area contributed by atoms with Gasteiger partial charge in [0, 0.05) is 5.56 Å². The number of nitrogens with zero attached hydrogens (tertiary/aromatic N) is 3. The number of nitrogens with one attached hydrogen (secondary N) is 1. The number of fused-ring (bicyclic) bond motifs is 1. The van der Waals surface area contributed by atoms with Crippen LogP contribution >= 0.6 is 34.6 Å². The first-order chi connectivity index (χ1) is 13.6. The summed E-state index contributed by atoms with van der Waals surface area (Å²) in [5.74, 6) is 1.58. The monoisotopic (exact) mass is 428 g/mol. The molecule has 0 aliphatic heterocycles. The van der Waals surface area contributed by atoms with Gasteiger partial charge in [0.05, 0.1) is 23.1 Å². The van der Waals surface area contributed by atoms with E-state index in [9.17, 15) is 4.79 Å². The predicted molar refractivity (Wildman–Crippen MR) is 116 cm³/mol. The summed E-state index contributed by atoms with van der Waals surface area (Å²) in [7, 11) is 1.63. The fourth-order valence-electron chi connectivity index (χ4n) is 2.49. The molecular weight excluding hydrogens is 412 g/mol. The highest BCUT2D eigenvalue weighted by molar-refractivity contribution is 8.01. The number of aryl methyl sites for hydroxylation is 1. The number of rotatable bonds is 6. The van der Waals surface area contributed by atoms with Gasteiger partial charge in [-0.05, 0) is 60.4 Å². The number of amides is 1. The lowest BCUT2D eigenvalue weighted by molar-refractivity contribution is -0.113. The van der Waals surface area contributed by atoms with Crippen LogP contribution in [0.15, 0.2) is 46.8 Å². The zero-order valence-electron chi connectivity index (χ0n) is 15.1. The number of ether oxygens (including phenoxy) is 1. The summed E-state index contributed by atoms with van der Waals surface area (Å²) >= 11 is 4.13. The van der Waals surface area contributed by atoms with Crippen molar-refractivity contribution in [3.8, 4) is 17.1 Å². The van der Waals surface area contributed by atoms with Crippen molar-refractivity contribution in [2.24, 2.45) is 0 Å². The molecule has 28 heavy (non-hydrogen) atoms. The smallest absolute Gasteiger partial charge is 0.236 e. The van der Waals surface area contributed by atoms with Gasteiger partial charge in [0.15, 0.2) is 15.3 Å². The molecule has 0 fully saturated rings. The molecule has 142 valence electrons. The summed E-state index contributed by atoms with van der Waals surface area (Å²) in [4.78, 5) is 21.2. The van der Waals surface area contributed by atoms with Gasteiger partial charge in [-0.3, -0.25) is 4.79 Å². The zero-order valence-corrected chi connectivity index (χ0v) is 17.6. The van der Waals surface area contributed by atoms with Crippen LogP contribution in [0.4, 0.5) is 5.13 Å². The fraction of sp³-hybridized carbons (Fsp3) is 0.158. The first-order valence-electron chi connectivity index (χ1n) is 8.39. The lowest BCUT2D eigenvalue weighted by atomic mass is 10.2. The summed E-state index contributed by atoms with van der Waals surface area (Å²) in [5, 5.41) is 3.48. The van der Waals surface area contributed by atoms with Gasteiger partial charge in [0.2, 0.25) is 5.91 Å². The van der Waals surface area contributed by atoms with Gasteiger partial charge in [-0.25, -0.2) is 9.97 Å². The molecule has 4 rings (SSSR count). The Labute approximate surface area is 174 Å². The molecule has 0 saturated carbocycles. The molecule has 0 saturated heterocycles. The third kappa shape index (κ3) is 4.32. The normalized spacial score (nSPS) is 10.9. The van der Waals surface area contributed by atoms with Crippen LogP contribution in [0.2, 0.25) is 0 Å². The lowest BCUT2D eigenvalue weighted by Crippen LogP contribution is -2.13. The van der Waals surface area contributed by atoms with Gasteiger partial charge >= 0.3 is 0 Å². The summed E-state index contributed by atoms with van der Waals surface area (Å²) in [6.07, 6.45) is 0. The number of methoxy groups -OCH3 is 1. The molecule has 0 bridgehead atoms. The standard InChI is InChI=1S/C19H16N4O2S3/c1-11-3-8-14-15(9-11)27-18(20-14)21-16(24)10-26-19-22-17(23-28-19)12-4-6-13(25-2)7-5-12/h3-9H,10H2,1-2H3,(H,20,21,24). The van der Waals surface area contributed by atoms with Crippen molar-refractivity contribution in [3.05, 3.63) is 48.0 Å². The fourth-order valence-corrected chi connectivity index (χ4v) is 4.89. The number of hydrogen-bond donors (Lipinski definition) is 1. The minimum absolute atomic E-state index is 0.109. The Morgan fingerprint density at radius 3 is 2.79 bits per heavy atom. The number of thiazole rings is 1. The highest BCUT2D eigenvalue weighted by Crippen LogP contribution is 2.28. The number of anilines is 1. The number of carbonyl (C=O) groups excluding carboxylic acids is 1. The molecule has 2 aromatic carbocycles. The Hall–Kier alpha value is -2.49. The zero-order chi connectivity index (χ0) is 19.5. The first-order valence-corrected chi connectivity index (χ1v) is 11.0. The molecule has 2 heterocycles. The van der Waals surface area contributed by atoms with E-state index in [0.717, 1.165) is 25.9 Å². The molecule has 2 aromatic heterocycles. The van der Waals surface area contributed by atoms with Crippen LogP contribution in [0.25, 0.3) is 21.6 Å². The lowest BCUT2D eigenvalue weighted by Gasteiger charge is -2.00. The van der Waals surface area contributed by atoms with Gasteiger partial charge < -0.3 is 10.1 Å². The van der Waals surface area contributed by atoms with Crippen molar-refractivity contribution >= 4 is 55.9 Å². The van der Waals surface area contributed by atoms with E-state index in [1.54, 1.807) is 7.11 Å². The molecule has 9 heteroatoms. The maximum absolute atomic E-state index is 12.3. The first kappa shape index (κ1) is 18.9. The van der Waals surface area contributed by atoms with Gasteiger partial charge in [0.1, 0.15) is 5.75 Å². The third-order valence-corrected chi connectivity index (χ3v) is 6.64. The second-order valence-electron chi connectivity index (χ2n) is 5.94. The molecule has 0 radical (unpaired) electrons. The second-order valence-corrected chi connectivity index (χ2v) is 8.94. The van der Waals surface area contributed by atoms with E-state index in [1.807, 2.05) is 43.3 Å². The molecule has 0 spiro atoms. The Morgan fingerprint density at radius 2 is 2.00 bits per heavy atom. The van der Waals surface area contributed by atoms with E-state index in [0.29, 0.717) is 11.0 Å². The van der Waals surface area contributed by atoms with Crippen molar-refractivity contribution in [1.82, 2.24) is 14.3 Å². The molecule has 1 amide bonds. The highest BCUT2D eigenvalue weighted by atomic mass is 32.2. The highest BCUT2D eigenvalue weighted by Gasteiger charge is 2.12. The number of aromatic nitrogens is 3. The van der Waals surface area contributed by atoms with Crippen molar-refractivity contribution in [2.45, 2.75) is 11.3 Å². The van der Waals surface area contributed by atoms with Crippen molar-refractivity contribution < 1.29 is 9.53 Å². The maximum Gasteiger partial charge on any atom is 0.236 e. The minimum Gasteiger partial charge on any atom is -0.497 e. The molecular formula is C19H16N4O2S3. The van der Waals surface area contributed by atoms with Crippen LogP contribution in [0.3, 0.4) is 0 Å². The van der Waals surface area contributed by atoms with Gasteiger partial charge in [-0.2, -0.15) is 4.37 Å². The molecule has 0 atom stereocenters. The van der Waals surface area contributed by atoms with Crippen molar-refractivity contribution in [2.75, 3.05) is 18.2 Å². The Bertz CT molecular complexity index is 1120. The van der Waals surface area contributed by atoms with Crippen LogP contribution in [0, 0.1) is 6.92 Å².